The molecule has 2 amide bonds. The van der Waals surface area contributed by atoms with Crippen molar-refractivity contribution in [2.24, 2.45) is 5.92 Å². The Labute approximate surface area is 250 Å². The molecular formula is C28H19BrF10N2O3. The highest BCUT2D eigenvalue weighted by atomic mass is 79.9. The van der Waals surface area contributed by atoms with Crippen LogP contribution >= 0.6 is 15.9 Å². The number of amides is 2. The topological polar surface area (TPSA) is 58.6 Å². The Hall–Kier alpha value is -3.82. The van der Waals surface area contributed by atoms with Crippen molar-refractivity contribution in [3.05, 3.63) is 87.6 Å². The second-order valence-electron chi connectivity index (χ2n) is 9.68. The third-order valence-electron chi connectivity index (χ3n) is 6.60. The van der Waals surface area contributed by atoms with Crippen molar-refractivity contribution in [1.82, 2.24) is 0 Å². The number of nitrogens with one attached hydrogen (secondary N) is 1. The summed E-state index contributed by atoms with van der Waals surface area (Å²) in [6.07, 6.45) is -11.6. The lowest BCUT2D eigenvalue weighted by atomic mass is 9.93. The average molecular weight is 701 g/mol. The van der Waals surface area contributed by atoms with Gasteiger partial charge in [-0.05, 0) is 71.1 Å². The van der Waals surface area contributed by atoms with Crippen LogP contribution in [0.15, 0.2) is 65.1 Å². The molecule has 0 saturated heterocycles. The maximum Gasteiger partial charge on any atom is 0.435 e. The molecule has 1 aliphatic rings. The van der Waals surface area contributed by atoms with E-state index in [0.717, 1.165) is 23.8 Å². The number of alkyl halides is 9. The number of ether oxygens (including phenoxy) is 1. The Balaban J connectivity index is 1.74. The molecule has 236 valence electrons. The van der Waals surface area contributed by atoms with Crippen molar-refractivity contribution in [3.8, 4) is 5.75 Å². The first-order valence-corrected chi connectivity index (χ1v) is 13.3. The van der Waals surface area contributed by atoms with E-state index in [9.17, 15) is 49.1 Å². The number of benzene rings is 3. The lowest BCUT2D eigenvalue weighted by Gasteiger charge is -2.31. The van der Waals surface area contributed by atoms with Gasteiger partial charge in [0, 0.05) is 22.1 Å². The minimum atomic E-state index is -6.58. The fourth-order valence-electron chi connectivity index (χ4n) is 4.25. The number of anilines is 2. The maximum atomic E-state index is 15.8. The number of rotatable bonds is 9. The maximum absolute atomic E-state index is 15.8. The molecule has 3 aromatic rings. The van der Waals surface area contributed by atoms with E-state index in [-0.39, 0.29) is 35.8 Å². The van der Waals surface area contributed by atoms with Crippen molar-refractivity contribution in [1.29, 1.82) is 0 Å². The summed E-state index contributed by atoms with van der Waals surface area (Å²) in [6.45, 7) is -3.75. The van der Waals surface area contributed by atoms with E-state index >= 15 is 4.39 Å². The van der Waals surface area contributed by atoms with E-state index in [0.29, 0.717) is 0 Å². The summed E-state index contributed by atoms with van der Waals surface area (Å²) < 4.78 is 140. The number of hydrogen-bond donors (Lipinski definition) is 1. The predicted molar refractivity (Wildman–Crippen MR) is 141 cm³/mol. The molecule has 1 N–H and O–H groups in total. The lowest BCUT2D eigenvalue weighted by Crippen LogP contribution is -2.50. The molecule has 0 aromatic heterocycles. The summed E-state index contributed by atoms with van der Waals surface area (Å²) in [5, 5.41) is 1.91. The lowest BCUT2D eigenvalue weighted by molar-refractivity contribution is -0.348. The standard InChI is InChI=1S/C28H19BrF10N2O3/c29-18-11-16(26(33,27(34,35)36)28(37,38)39)12-20(44-25(31)32)22(18)40-23(42)17-7-4-8-19(21(17)30)41(13-14-9-10-14)24(43)15-5-2-1-3-6-15/h1-8,11-12,14,25H,9-10,13H2,(H,40,42). The van der Waals surface area contributed by atoms with Crippen molar-refractivity contribution < 1.29 is 58.2 Å². The van der Waals surface area contributed by atoms with E-state index in [1.807, 2.05) is 5.32 Å². The normalized spacial score (nSPS) is 14.0. The van der Waals surface area contributed by atoms with Crippen molar-refractivity contribution in [2.75, 3.05) is 16.8 Å². The van der Waals surface area contributed by atoms with Gasteiger partial charge in [0.25, 0.3) is 11.8 Å². The molecule has 0 heterocycles. The number of hydrogen-bond acceptors (Lipinski definition) is 3. The minimum absolute atomic E-state index is 0.0302. The zero-order valence-corrected chi connectivity index (χ0v) is 23.5. The van der Waals surface area contributed by atoms with Crippen LogP contribution < -0.4 is 15.0 Å². The Morgan fingerprint density at radius 2 is 1.55 bits per heavy atom. The van der Waals surface area contributed by atoms with E-state index in [2.05, 4.69) is 20.7 Å². The molecule has 3 aromatic carbocycles. The molecule has 0 atom stereocenters. The van der Waals surface area contributed by atoms with Gasteiger partial charge in [0.15, 0.2) is 11.6 Å². The highest BCUT2D eigenvalue weighted by molar-refractivity contribution is 9.10. The SMILES string of the molecule is O=C(Nc1c(Br)cc(C(F)(C(F)(F)F)C(F)(F)F)cc1OC(F)F)c1cccc(N(CC2CC2)C(=O)c2ccccc2)c1F. The van der Waals surface area contributed by atoms with Gasteiger partial charge >= 0.3 is 24.6 Å². The Bertz CT molecular complexity index is 1530. The molecule has 0 bridgehead atoms. The molecule has 5 nitrogen and oxygen atoms in total. The number of nitrogens with zero attached hydrogens (tertiary/aromatic N) is 1. The van der Waals surface area contributed by atoms with Crippen LogP contribution in [-0.2, 0) is 5.67 Å². The highest BCUT2D eigenvalue weighted by Crippen LogP contribution is 2.55. The van der Waals surface area contributed by atoms with Gasteiger partial charge in [-0.15, -0.1) is 0 Å². The van der Waals surface area contributed by atoms with Gasteiger partial charge < -0.3 is 15.0 Å². The molecule has 1 aliphatic carbocycles. The van der Waals surface area contributed by atoms with Crippen LogP contribution in [0.2, 0.25) is 0 Å². The van der Waals surface area contributed by atoms with Gasteiger partial charge in [-0.2, -0.15) is 35.1 Å². The van der Waals surface area contributed by atoms with Crippen LogP contribution in [0.4, 0.5) is 55.3 Å². The van der Waals surface area contributed by atoms with Crippen molar-refractivity contribution in [2.45, 2.75) is 37.5 Å². The van der Waals surface area contributed by atoms with E-state index in [4.69, 9.17) is 0 Å². The average Bonchev–Trinajstić information content (AvgIpc) is 3.76. The molecule has 0 aliphatic heterocycles. The minimum Gasteiger partial charge on any atom is -0.433 e. The first-order valence-electron chi connectivity index (χ1n) is 12.5. The summed E-state index contributed by atoms with van der Waals surface area (Å²) >= 11 is 2.56. The second-order valence-corrected chi connectivity index (χ2v) is 10.5. The fourth-order valence-corrected chi connectivity index (χ4v) is 4.79. The molecule has 0 unspecified atom stereocenters. The van der Waals surface area contributed by atoms with Crippen LogP contribution in [0, 0.1) is 11.7 Å². The zero-order valence-electron chi connectivity index (χ0n) is 21.9. The van der Waals surface area contributed by atoms with E-state index < -0.39 is 69.3 Å². The zero-order chi connectivity index (χ0) is 32.6. The highest BCUT2D eigenvalue weighted by Gasteiger charge is 2.73. The smallest absolute Gasteiger partial charge is 0.433 e. The van der Waals surface area contributed by atoms with E-state index in [1.54, 1.807) is 18.2 Å². The summed E-state index contributed by atoms with van der Waals surface area (Å²) in [5.41, 5.74) is -10.0. The number of halogens is 11. The Morgan fingerprint density at radius 1 is 0.932 bits per heavy atom. The summed E-state index contributed by atoms with van der Waals surface area (Å²) in [4.78, 5) is 27.5. The first kappa shape index (κ1) is 33.1. The molecule has 0 spiro atoms. The largest absolute Gasteiger partial charge is 0.435 e. The van der Waals surface area contributed by atoms with Crippen LogP contribution in [-0.4, -0.2) is 37.3 Å². The van der Waals surface area contributed by atoms with Gasteiger partial charge in [0.1, 0.15) is 0 Å². The molecule has 1 fully saturated rings. The van der Waals surface area contributed by atoms with Gasteiger partial charge in [-0.25, -0.2) is 8.78 Å². The summed E-state index contributed by atoms with van der Waals surface area (Å²) in [5.74, 6) is -4.67. The fraction of sp³-hybridized carbons (Fsp3) is 0.286. The molecular weight excluding hydrogens is 682 g/mol. The second kappa shape index (κ2) is 12.3. The molecule has 16 heteroatoms. The van der Waals surface area contributed by atoms with Crippen molar-refractivity contribution in [3.63, 3.8) is 0 Å². The molecule has 44 heavy (non-hydrogen) atoms. The van der Waals surface area contributed by atoms with Gasteiger partial charge in [0.2, 0.25) is 0 Å². The summed E-state index contributed by atoms with van der Waals surface area (Å²) in [6, 6.07) is 10.8. The third kappa shape index (κ3) is 6.64. The predicted octanol–water partition coefficient (Wildman–Crippen LogP) is 8.79. The number of carbonyl (C=O) groups excluding carboxylic acids is 2. The van der Waals surface area contributed by atoms with Crippen molar-refractivity contribution >= 4 is 39.1 Å². The Kier molecular flexibility index (Phi) is 9.24. The Morgan fingerprint density at radius 3 is 2.09 bits per heavy atom. The summed E-state index contributed by atoms with van der Waals surface area (Å²) in [7, 11) is 0. The van der Waals surface area contributed by atoms with Crippen LogP contribution in [0.25, 0.3) is 0 Å². The van der Waals surface area contributed by atoms with Gasteiger partial charge in [-0.1, -0.05) is 24.3 Å². The molecule has 1 saturated carbocycles. The monoisotopic (exact) mass is 700 g/mol. The van der Waals surface area contributed by atoms with Gasteiger partial charge in [0.05, 0.1) is 16.9 Å². The van der Waals surface area contributed by atoms with Crippen LogP contribution in [0.5, 0.6) is 5.75 Å². The van der Waals surface area contributed by atoms with E-state index in [1.165, 1.54) is 24.3 Å². The molecule has 4 rings (SSSR count). The van der Waals surface area contributed by atoms with Crippen LogP contribution in [0.3, 0.4) is 0 Å². The van der Waals surface area contributed by atoms with Crippen LogP contribution in [0.1, 0.15) is 39.1 Å². The number of carbonyl (C=O) groups is 2. The van der Waals surface area contributed by atoms with Gasteiger partial charge in [-0.3, -0.25) is 9.59 Å². The third-order valence-corrected chi connectivity index (χ3v) is 7.23. The quantitative estimate of drug-likeness (QED) is 0.227. The first-order chi connectivity index (χ1) is 20.5. The molecule has 0 radical (unpaired) electrons.